The lowest BCUT2D eigenvalue weighted by molar-refractivity contribution is 0.0720. The molecule has 1 heterocycles. The summed E-state index contributed by atoms with van der Waals surface area (Å²) in [7, 11) is 1.62. The number of carbonyl (C=O) groups excluding carboxylic acids is 1. The topological polar surface area (TPSA) is 29.5 Å². The van der Waals surface area contributed by atoms with Gasteiger partial charge < -0.3 is 9.64 Å². The fraction of sp³-hybridized carbons (Fsp3) is 0.417. The highest BCUT2D eigenvalue weighted by Gasteiger charge is 2.28. The third kappa shape index (κ3) is 2.50. The zero-order chi connectivity index (χ0) is 12.4. The number of halogens is 2. The smallest absolute Gasteiger partial charge is 0.256 e. The first-order valence-corrected chi connectivity index (χ1v) is 6.19. The van der Waals surface area contributed by atoms with E-state index in [-0.39, 0.29) is 17.6 Å². The van der Waals surface area contributed by atoms with Gasteiger partial charge in [0.1, 0.15) is 5.82 Å². The van der Waals surface area contributed by atoms with Crippen molar-refractivity contribution < 1.29 is 13.9 Å². The molecular formula is C12H13BrFNO2. The Morgan fingerprint density at radius 1 is 1.59 bits per heavy atom. The van der Waals surface area contributed by atoms with Gasteiger partial charge in [0, 0.05) is 20.2 Å². The summed E-state index contributed by atoms with van der Waals surface area (Å²) in [5.74, 6) is -0.776. The highest BCUT2D eigenvalue weighted by Crippen LogP contribution is 2.22. The highest BCUT2D eigenvalue weighted by molar-refractivity contribution is 9.10. The van der Waals surface area contributed by atoms with Crippen LogP contribution in [0.25, 0.3) is 0 Å². The van der Waals surface area contributed by atoms with Crippen LogP contribution in [0.15, 0.2) is 22.7 Å². The molecule has 1 saturated heterocycles. The molecule has 1 aromatic carbocycles. The van der Waals surface area contributed by atoms with E-state index in [1.807, 2.05) is 0 Å². The van der Waals surface area contributed by atoms with Crippen molar-refractivity contribution in [3.63, 3.8) is 0 Å². The van der Waals surface area contributed by atoms with Crippen LogP contribution in [0.5, 0.6) is 0 Å². The fourth-order valence-electron chi connectivity index (χ4n) is 1.94. The monoisotopic (exact) mass is 301 g/mol. The average Bonchev–Trinajstić information content (AvgIpc) is 2.80. The maximum atomic E-state index is 13.8. The number of nitrogens with zero attached hydrogens (tertiary/aromatic N) is 1. The molecule has 0 aliphatic carbocycles. The first-order valence-electron chi connectivity index (χ1n) is 5.39. The Hall–Kier alpha value is -0.940. The molecule has 2 rings (SSSR count). The lowest BCUT2D eigenvalue weighted by atomic mass is 10.2. The third-order valence-corrected chi connectivity index (χ3v) is 3.56. The number of amides is 1. The SMILES string of the molecule is COC1CCN(C(=O)c2cccc(Br)c2F)C1. The Labute approximate surface area is 108 Å². The lowest BCUT2D eigenvalue weighted by Gasteiger charge is -2.16. The third-order valence-electron chi connectivity index (χ3n) is 2.95. The van der Waals surface area contributed by atoms with Gasteiger partial charge in [-0.05, 0) is 34.5 Å². The number of likely N-dealkylation sites (tertiary alicyclic amines) is 1. The molecule has 1 aliphatic heterocycles. The molecule has 0 N–H and O–H groups in total. The Morgan fingerprint density at radius 2 is 2.35 bits per heavy atom. The second-order valence-corrected chi connectivity index (χ2v) is 4.85. The standard InChI is InChI=1S/C12H13BrFNO2/c1-17-8-5-6-15(7-8)12(16)9-3-2-4-10(13)11(9)14/h2-4,8H,5-7H2,1H3. The summed E-state index contributed by atoms with van der Waals surface area (Å²) < 4.78 is 19.3. The number of carbonyl (C=O) groups is 1. The van der Waals surface area contributed by atoms with Crippen molar-refractivity contribution >= 4 is 21.8 Å². The van der Waals surface area contributed by atoms with Gasteiger partial charge in [-0.1, -0.05) is 6.07 Å². The Balaban J connectivity index is 2.18. The van der Waals surface area contributed by atoms with Gasteiger partial charge in [-0.15, -0.1) is 0 Å². The van der Waals surface area contributed by atoms with E-state index in [1.54, 1.807) is 24.1 Å². The number of rotatable bonds is 2. The molecule has 1 unspecified atom stereocenters. The van der Waals surface area contributed by atoms with Gasteiger partial charge in [-0.2, -0.15) is 0 Å². The largest absolute Gasteiger partial charge is 0.380 e. The zero-order valence-electron chi connectivity index (χ0n) is 9.45. The van der Waals surface area contributed by atoms with Crippen molar-refractivity contribution in [1.29, 1.82) is 0 Å². The molecule has 1 aromatic rings. The quantitative estimate of drug-likeness (QED) is 0.840. The van der Waals surface area contributed by atoms with Gasteiger partial charge in [0.05, 0.1) is 16.1 Å². The molecule has 1 amide bonds. The summed E-state index contributed by atoms with van der Waals surface area (Å²) in [5, 5.41) is 0. The van der Waals surface area contributed by atoms with Crippen molar-refractivity contribution in [2.75, 3.05) is 20.2 Å². The minimum Gasteiger partial charge on any atom is -0.380 e. The first kappa shape index (κ1) is 12.5. The van der Waals surface area contributed by atoms with Gasteiger partial charge in [-0.3, -0.25) is 4.79 Å². The Bertz CT molecular complexity index is 439. The van der Waals surface area contributed by atoms with Gasteiger partial charge in [0.15, 0.2) is 0 Å². The minimum atomic E-state index is -0.502. The summed E-state index contributed by atoms with van der Waals surface area (Å²) >= 11 is 3.08. The summed E-state index contributed by atoms with van der Waals surface area (Å²) in [6, 6.07) is 4.74. The van der Waals surface area contributed by atoms with Crippen molar-refractivity contribution in [2.45, 2.75) is 12.5 Å². The number of methoxy groups -OCH3 is 1. The van der Waals surface area contributed by atoms with Crippen LogP contribution in [0.3, 0.4) is 0 Å². The molecule has 0 aromatic heterocycles. The van der Waals surface area contributed by atoms with Gasteiger partial charge in [-0.25, -0.2) is 4.39 Å². The number of ether oxygens (including phenoxy) is 1. The normalized spacial score (nSPS) is 19.7. The van der Waals surface area contributed by atoms with E-state index in [9.17, 15) is 9.18 Å². The summed E-state index contributed by atoms with van der Waals surface area (Å²) in [4.78, 5) is 13.7. The van der Waals surface area contributed by atoms with E-state index >= 15 is 0 Å². The van der Waals surface area contributed by atoms with E-state index < -0.39 is 5.82 Å². The molecule has 92 valence electrons. The molecular weight excluding hydrogens is 289 g/mol. The van der Waals surface area contributed by atoms with Crippen LogP contribution in [0.2, 0.25) is 0 Å². The van der Waals surface area contributed by atoms with E-state index in [0.717, 1.165) is 6.42 Å². The molecule has 5 heteroatoms. The second kappa shape index (κ2) is 5.14. The molecule has 3 nitrogen and oxygen atoms in total. The van der Waals surface area contributed by atoms with E-state index in [2.05, 4.69) is 15.9 Å². The lowest BCUT2D eigenvalue weighted by Crippen LogP contribution is -2.30. The molecule has 0 bridgehead atoms. The fourth-order valence-corrected chi connectivity index (χ4v) is 2.31. The Kier molecular flexibility index (Phi) is 3.79. The molecule has 17 heavy (non-hydrogen) atoms. The molecule has 1 atom stereocenters. The van der Waals surface area contributed by atoms with Crippen molar-refractivity contribution in [2.24, 2.45) is 0 Å². The van der Waals surface area contributed by atoms with Crippen LogP contribution in [0, 0.1) is 5.82 Å². The number of hydrogen-bond acceptors (Lipinski definition) is 2. The zero-order valence-corrected chi connectivity index (χ0v) is 11.0. The van der Waals surface area contributed by atoms with Crippen LogP contribution in [-0.4, -0.2) is 37.1 Å². The van der Waals surface area contributed by atoms with Crippen LogP contribution in [-0.2, 0) is 4.74 Å². The summed E-state index contributed by atoms with van der Waals surface area (Å²) in [5.41, 5.74) is 0.108. The van der Waals surface area contributed by atoms with E-state index in [4.69, 9.17) is 4.74 Å². The van der Waals surface area contributed by atoms with Gasteiger partial charge in [0.25, 0.3) is 5.91 Å². The molecule has 0 saturated carbocycles. The van der Waals surface area contributed by atoms with Crippen LogP contribution >= 0.6 is 15.9 Å². The number of benzene rings is 1. The molecule has 0 radical (unpaired) electrons. The predicted molar refractivity (Wildman–Crippen MR) is 65.4 cm³/mol. The van der Waals surface area contributed by atoms with Gasteiger partial charge >= 0.3 is 0 Å². The van der Waals surface area contributed by atoms with Gasteiger partial charge in [0.2, 0.25) is 0 Å². The molecule has 1 aliphatic rings. The van der Waals surface area contributed by atoms with Crippen LogP contribution in [0.1, 0.15) is 16.8 Å². The Morgan fingerprint density at radius 3 is 3.00 bits per heavy atom. The van der Waals surface area contributed by atoms with Crippen molar-refractivity contribution in [3.05, 3.63) is 34.1 Å². The second-order valence-electron chi connectivity index (χ2n) is 4.00. The van der Waals surface area contributed by atoms with E-state index in [0.29, 0.717) is 17.6 Å². The minimum absolute atomic E-state index is 0.0640. The van der Waals surface area contributed by atoms with E-state index in [1.165, 1.54) is 6.07 Å². The summed E-state index contributed by atoms with van der Waals surface area (Å²) in [6.45, 7) is 1.14. The maximum absolute atomic E-state index is 13.8. The predicted octanol–water partition coefficient (Wildman–Crippen LogP) is 2.45. The van der Waals surface area contributed by atoms with Crippen molar-refractivity contribution in [1.82, 2.24) is 4.90 Å². The maximum Gasteiger partial charge on any atom is 0.256 e. The van der Waals surface area contributed by atoms with Crippen LogP contribution < -0.4 is 0 Å². The number of hydrogen-bond donors (Lipinski definition) is 0. The highest BCUT2D eigenvalue weighted by atomic mass is 79.9. The average molecular weight is 302 g/mol. The molecule has 0 spiro atoms. The van der Waals surface area contributed by atoms with Crippen LogP contribution in [0.4, 0.5) is 4.39 Å². The first-order chi connectivity index (χ1) is 8.13. The molecule has 1 fully saturated rings. The van der Waals surface area contributed by atoms with Crippen molar-refractivity contribution in [3.8, 4) is 0 Å². The summed E-state index contributed by atoms with van der Waals surface area (Å²) in [6.07, 6.45) is 0.867.